The van der Waals surface area contributed by atoms with Crippen LogP contribution < -0.4 is 0 Å². The van der Waals surface area contributed by atoms with Gasteiger partial charge < -0.3 is 5.11 Å². The first-order valence-corrected chi connectivity index (χ1v) is 5.74. The molecule has 0 amide bonds. The van der Waals surface area contributed by atoms with Crippen molar-refractivity contribution in [2.75, 3.05) is 0 Å². The second-order valence-electron chi connectivity index (χ2n) is 2.80. The number of thiophene rings is 1. The Kier molecular flexibility index (Phi) is 4.09. The highest BCUT2D eigenvalue weighted by Gasteiger charge is 2.13. The van der Waals surface area contributed by atoms with Crippen molar-refractivity contribution < 1.29 is 9.90 Å². The molecule has 13 heavy (non-hydrogen) atoms. The second-order valence-corrected chi connectivity index (χ2v) is 4.71. The van der Waals surface area contributed by atoms with E-state index in [2.05, 4.69) is 15.9 Å². The summed E-state index contributed by atoms with van der Waals surface area (Å²) in [6.07, 6.45) is 0.0253. The molecule has 0 saturated carbocycles. The Morgan fingerprint density at radius 3 is 2.92 bits per heavy atom. The minimum atomic E-state index is -0.805. The Morgan fingerprint density at radius 1 is 1.77 bits per heavy atom. The van der Waals surface area contributed by atoms with Gasteiger partial charge >= 0.3 is 0 Å². The Hall–Kier alpha value is -0.190. The molecule has 0 aliphatic heterocycles. The van der Waals surface area contributed by atoms with Gasteiger partial charge in [-0.25, -0.2) is 0 Å². The zero-order chi connectivity index (χ0) is 9.84. The highest BCUT2D eigenvalue weighted by atomic mass is 79.9. The molecule has 72 valence electrons. The van der Waals surface area contributed by atoms with Gasteiger partial charge in [-0.3, -0.25) is 4.79 Å². The number of aliphatic hydroxyl groups is 1. The van der Waals surface area contributed by atoms with E-state index in [-0.39, 0.29) is 5.78 Å². The molecule has 0 aliphatic rings. The maximum absolute atomic E-state index is 11.3. The summed E-state index contributed by atoms with van der Waals surface area (Å²) in [4.78, 5) is 12.3. The van der Waals surface area contributed by atoms with Crippen LogP contribution in [0.15, 0.2) is 15.9 Å². The van der Waals surface area contributed by atoms with Crippen LogP contribution in [0, 0.1) is 0 Å². The second kappa shape index (κ2) is 4.88. The van der Waals surface area contributed by atoms with Crippen LogP contribution in [0.3, 0.4) is 0 Å². The van der Waals surface area contributed by atoms with Crippen LogP contribution in [0.2, 0.25) is 0 Å². The van der Waals surface area contributed by atoms with E-state index in [0.29, 0.717) is 12.8 Å². The average Bonchev–Trinajstić information content (AvgIpc) is 2.49. The van der Waals surface area contributed by atoms with Gasteiger partial charge in [0.25, 0.3) is 0 Å². The molecular weight excluding hydrogens is 252 g/mol. The van der Waals surface area contributed by atoms with Gasteiger partial charge in [0.05, 0.1) is 0 Å². The van der Waals surface area contributed by atoms with Crippen molar-refractivity contribution in [1.82, 2.24) is 0 Å². The zero-order valence-corrected chi connectivity index (χ0v) is 9.69. The first kappa shape index (κ1) is 10.9. The van der Waals surface area contributed by atoms with E-state index in [1.807, 2.05) is 11.4 Å². The predicted molar refractivity (Wildman–Crippen MR) is 57.0 cm³/mol. The molecule has 0 saturated heterocycles. The SMILES string of the molecule is CCC(O)C(=O)Cc1cc(Br)cs1. The van der Waals surface area contributed by atoms with Gasteiger partial charge in [0.2, 0.25) is 0 Å². The maximum Gasteiger partial charge on any atom is 0.166 e. The van der Waals surface area contributed by atoms with Crippen molar-refractivity contribution in [2.45, 2.75) is 25.9 Å². The Morgan fingerprint density at radius 2 is 2.46 bits per heavy atom. The van der Waals surface area contributed by atoms with E-state index >= 15 is 0 Å². The van der Waals surface area contributed by atoms with Crippen LogP contribution in [0.4, 0.5) is 0 Å². The molecule has 4 heteroatoms. The average molecular weight is 263 g/mol. The summed E-state index contributed by atoms with van der Waals surface area (Å²) < 4.78 is 0.992. The summed E-state index contributed by atoms with van der Waals surface area (Å²) in [5, 5.41) is 11.2. The predicted octanol–water partition coefficient (Wildman–Crippen LogP) is 2.39. The van der Waals surface area contributed by atoms with Gasteiger partial charge in [-0.2, -0.15) is 0 Å². The lowest BCUT2D eigenvalue weighted by atomic mass is 10.1. The van der Waals surface area contributed by atoms with E-state index in [1.54, 1.807) is 6.92 Å². The first-order valence-electron chi connectivity index (χ1n) is 4.07. The molecule has 2 nitrogen and oxygen atoms in total. The number of carbonyl (C=O) groups is 1. The molecule has 0 bridgehead atoms. The zero-order valence-electron chi connectivity index (χ0n) is 7.29. The fourth-order valence-electron chi connectivity index (χ4n) is 0.964. The van der Waals surface area contributed by atoms with E-state index < -0.39 is 6.10 Å². The molecule has 0 aromatic carbocycles. The molecule has 1 aromatic heterocycles. The molecule has 1 aromatic rings. The van der Waals surface area contributed by atoms with Crippen molar-refractivity contribution in [2.24, 2.45) is 0 Å². The number of hydrogen-bond acceptors (Lipinski definition) is 3. The molecule has 1 rings (SSSR count). The number of hydrogen-bond donors (Lipinski definition) is 1. The Labute approximate surface area is 89.7 Å². The molecule has 0 spiro atoms. The third-order valence-electron chi connectivity index (χ3n) is 1.73. The number of rotatable bonds is 4. The smallest absolute Gasteiger partial charge is 0.166 e. The third kappa shape index (κ3) is 3.21. The van der Waals surface area contributed by atoms with Crippen LogP contribution in [0.1, 0.15) is 18.2 Å². The largest absolute Gasteiger partial charge is 0.385 e. The van der Waals surface area contributed by atoms with Gasteiger partial charge in [0, 0.05) is 21.2 Å². The summed E-state index contributed by atoms with van der Waals surface area (Å²) in [5.41, 5.74) is 0. The van der Waals surface area contributed by atoms with Crippen molar-refractivity contribution in [3.8, 4) is 0 Å². The lowest BCUT2D eigenvalue weighted by Gasteiger charge is -2.04. The van der Waals surface area contributed by atoms with Crippen molar-refractivity contribution in [3.63, 3.8) is 0 Å². The van der Waals surface area contributed by atoms with Gasteiger partial charge in [-0.15, -0.1) is 11.3 Å². The molecule has 0 fully saturated rings. The number of ketones is 1. The molecule has 1 unspecified atom stereocenters. The molecule has 1 heterocycles. The van der Waals surface area contributed by atoms with Crippen LogP contribution >= 0.6 is 27.3 Å². The van der Waals surface area contributed by atoms with Crippen LogP contribution in [-0.4, -0.2) is 17.0 Å². The van der Waals surface area contributed by atoms with Crippen molar-refractivity contribution >= 4 is 33.0 Å². The molecular formula is C9H11BrO2S. The summed E-state index contributed by atoms with van der Waals surface area (Å²) in [5.74, 6) is -0.100. The Balaban J connectivity index is 2.54. The minimum absolute atomic E-state index is 0.100. The normalized spacial score (nSPS) is 12.8. The fraction of sp³-hybridized carbons (Fsp3) is 0.444. The summed E-state index contributed by atoms with van der Waals surface area (Å²) >= 11 is 4.84. The summed E-state index contributed by atoms with van der Waals surface area (Å²) in [6, 6.07) is 1.91. The summed E-state index contributed by atoms with van der Waals surface area (Å²) in [6.45, 7) is 1.80. The van der Waals surface area contributed by atoms with Gasteiger partial charge in [0.1, 0.15) is 6.10 Å². The van der Waals surface area contributed by atoms with E-state index in [4.69, 9.17) is 0 Å². The molecule has 1 N–H and O–H groups in total. The number of Topliss-reactive ketones (excluding diaryl/α,β-unsaturated/α-hetero) is 1. The fourth-order valence-corrected chi connectivity index (χ4v) is 2.42. The molecule has 0 aliphatic carbocycles. The lowest BCUT2D eigenvalue weighted by Crippen LogP contribution is -2.20. The van der Waals surface area contributed by atoms with Crippen molar-refractivity contribution in [3.05, 3.63) is 20.8 Å². The standard InChI is InChI=1S/C9H11BrO2S/c1-2-8(11)9(12)4-7-3-6(10)5-13-7/h3,5,8,11H,2,4H2,1H3. The monoisotopic (exact) mass is 262 g/mol. The van der Waals surface area contributed by atoms with E-state index in [0.717, 1.165) is 9.35 Å². The highest BCUT2D eigenvalue weighted by molar-refractivity contribution is 9.10. The quantitative estimate of drug-likeness (QED) is 0.905. The van der Waals surface area contributed by atoms with E-state index in [1.165, 1.54) is 11.3 Å². The first-order chi connectivity index (χ1) is 6.13. The van der Waals surface area contributed by atoms with Crippen LogP contribution in [0.25, 0.3) is 0 Å². The summed E-state index contributed by atoms with van der Waals surface area (Å²) in [7, 11) is 0. The highest BCUT2D eigenvalue weighted by Crippen LogP contribution is 2.20. The molecule has 1 atom stereocenters. The van der Waals surface area contributed by atoms with Gasteiger partial charge in [-0.05, 0) is 28.4 Å². The third-order valence-corrected chi connectivity index (χ3v) is 3.43. The minimum Gasteiger partial charge on any atom is -0.385 e. The Bertz CT molecular complexity index is 296. The number of halogens is 1. The maximum atomic E-state index is 11.3. The number of carbonyl (C=O) groups excluding carboxylic acids is 1. The van der Waals surface area contributed by atoms with E-state index in [9.17, 15) is 9.90 Å². The number of aliphatic hydroxyl groups excluding tert-OH is 1. The van der Waals surface area contributed by atoms with Crippen LogP contribution in [0.5, 0.6) is 0 Å². The molecule has 0 radical (unpaired) electrons. The lowest BCUT2D eigenvalue weighted by molar-refractivity contribution is -0.126. The van der Waals surface area contributed by atoms with Gasteiger partial charge in [-0.1, -0.05) is 6.92 Å². The van der Waals surface area contributed by atoms with Crippen LogP contribution in [-0.2, 0) is 11.2 Å². The van der Waals surface area contributed by atoms with Crippen molar-refractivity contribution in [1.29, 1.82) is 0 Å². The van der Waals surface area contributed by atoms with Gasteiger partial charge in [0.15, 0.2) is 5.78 Å². The topological polar surface area (TPSA) is 37.3 Å².